The van der Waals surface area contributed by atoms with Crippen molar-refractivity contribution in [3.05, 3.63) is 59.0 Å². The molecule has 8 heteroatoms. The van der Waals surface area contributed by atoms with Crippen LogP contribution in [0.3, 0.4) is 0 Å². The van der Waals surface area contributed by atoms with E-state index < -0.39 is 22.9 Å². The molecule has 1 saturated heterocycles. The van der Waals surface area contributed by atoms with E-state index in [4.69, 9.17) is 11.6 Å². The summed E-state index contributed by atoms with van der Waals surface area (Å²) >= 11 is 5.78. The van der Waals surface area contributed by atoms with Crippen LogP contribution < -0.4 is 4.90 Å². The Morgan fingerprint density at radius 2 is 1.90 bits per heavy atom. The van der Waals surface area contributed by atoms with Gasteiger partial charge in [-0.25, -0.2) is 9.37 Å². The van der Waals surface area contributed by atoms with E-state index in [0.29, 0.717) is 25.8 Å². The molecule has 1 aromatic carbocycles. The Morgan fingerprint density at radius 3 is 2.52 bits per heavy atom. The monoisotopic (exact) mass is 415 g/mol. The highest BCUT2D eigenvalue weighted by Crippen LogP contribution is 2.70. The van der Waals surface area contributed by atoms with Gasteiger partial charge in [-0.2, -0.15) is 0 Å². The second kappa shape index (κ2) is 6.24. The van der Waals surface area contributed by atoms with E-state index in [-0.39, 0.29) is 29.2 Å². The van der Waals surface area contributed by atoms with Gasteiger partial charge < -0.3 is 10.0 Å². The maximum Gasteiger partial charge on any atom is 0.252 e. The number of carbonyl (C=O) groups is 2. The number of amides is 2. The molecule has 3 aliphatic carbocycles. The zero-order chi connectivity index (χ0) is 20.4. The van der Waals surface area contributed by atoms with Gasteiger partial charge in [-0.05, 0) is 30.9 Å². The highest BCUT2D eigenvalue weighted by molar-refractivity contribution is 6.30. The summed E-state index contributed by atoms with van der Waals surface area (Å²) in [7, 11) is 0. The van der Waals surface area contributed by atoms with Gasteiger partial charge in [0.05, 0.1) is 10.6 Å². The van der Waals surface area contributed by atoms with Gasteiger partial charge in [-0.3, -0.25) is 14.5 Å². The molecule has 1 atom stereocenters. The molecule has 2 amide bonds. The lowest BCUT2D eigenvalue weighted by atomic mass is 9.38. The molecule has 6 nitrogen and oxygen atoms in total. The van der Waals surface area contributed by atoms with E-state index in [9.17, 15) is 19.1 Å². The van der Waals surface area contributed by atoms with Crippen molar-refractivity contribution in [3.63, 3.8) is 0 Å². The van der Waals surface area contributed by atoms with Gasteiger partial charge in [0.15, 0.2) is 11.6 Å². The van der Waals surface area contributed by atoms with Crippen LogP contribution in [0.4, 0.5) is 10.2 Å². The lowest BCUT2D eigenvalue weighted by molar-refractivity contribution is -0.280. The minimum atomic E-state index is -0.755. The summed E-state index contributed by atoms with van der Waals surface area (Å²) in [5.41, 5.74) is -0.278. The molecule has 0 spiro atoms. The lowest BCUT2D eigenvalue weighted by Crippen LogP contribution is -2.78. The van der Waals surface area contributed by atoms with Gasteiger partial charge in [-0.1, -0.05) is 41.9 Å². The molecule has 4 fully saturated rings. The van der Waals surface area contributed by atoms with Crippen LogP contribution in [-0.2, 0) is 16.1 Å². The normalized spacial score (nSPS) is 30.8. The first-order chi connectivity index (χ1) is 13.8. The quantitative estimate of drug-likeness (QED) is 0.832. The molecule has 6 rings (SSSR count). The van der Waals surface area contributed by atoms with Crippen molar-refractivity contribution < 1.29 is 19.1 Å². The van der Waals surface area contributed by atoms with Gasteiger partial charge in [0.1, 0.15) is 12.6 Å². The Labute approximate surface area is 171 Å². The number of hydrogen-bond acceptors (Lipinski definition) is 4. The fraction of sp³-hybridized carbons (Fsp3) is 0.381. The zero-order valence-corrected chi connectivity index (χ0v) is 16.3. The number of aromatic nitrogens is 1. The van der Waals surface area contributed by atoms with Crippen molar-refractivity contribution in [1.29, 1.82) is 0 Å². The average molecular weight is 416 g/mol. The third-order valence-electron chi connectivity index (χ3n) is 6.29. The van der Waals surface area contributed by atoms with Gasteiger partial charge >= 0.3 is 0 Å². The Kier molecular flexibility index (Phi) is 3.98. The van der Waals surface area contributed by atoms with Crippen LogP contribution in [0.25, 0.3) is 0 Å². The van der Waals surface area contributed by atoms with Crippen molar-refractivity contribution in [1.82, 2.24) is 9.88 Å². The number of nitrogens with zero attached hydrogens (tertiary/aromatic N) is 3. The minimum absolute atomic E-state index is 0.117. The maximum atomic E-state index is 14.5. The summed E-state index contributed by atoms with van der Waals surface area (Å²) in [6, 6.07) is 9.77. The number of anilines is 1. The first-order valence-electron chi connectivity index (χ1n) is 9.49. The largest absolute Gasteiger partial charge is 0.390 e. The van der Waals surface area contributed by atoms with Gasteiger partial charge in [-0.15, -0.1) is 0 Å². The highest BCUT2D eigenvalue weighted by Gasteiger charge is 2.73. The number of halogens is 2. The molecule has 1 aromatic heterocycles. The fourth-order valence-electron chi connectivity index (χ4n) is 5.17. The van der Waals surface area contributed by atoms with Crippen molar-refractivity contribution >= 4 is 29.2 Å². The summed E-state index contributed by atoms with van der Waals surface area (Å²) in [6.07, 6.45) is 2.67. The van der Waals surface area contributed by atoms with Crippen molar-refractivity contribution in [3.8, 4) is 0 Å². The molecule has 2 bridgehead atoms. The van der Waals surface area contributed by atoms with E-state index in [0.717, 1.165) is 16.5 Å². The summed E-state index contributed by atoms with van der Waals surface area (Å²) < 4.78 is 14.5. The number of carbonyl (C=O) groups excluding carboxylic acids is 2. The van der Waals surface area contributed by atoms with Crippen molar-refractivity contribution in [2.45, 2.75) is 37.5 Å². The Hall–Kier alpha value is -2.51. The molecule has 150 valence electrons. The number of benzene rings is 1. The number of aliphatic hydroxyl groups is 1. The predicted octanol–water partition coefficient (Wildman–Crippen LogP) is 2.53. The van der Waals surface area contributed by atoms with Gasteiger partial charge in [0, 0.05) is 18.2 Å². The molecular weight excluding hydrogens is 397 g/mol. The molecule has 2 heterocycles. The van der Waals surface area contributed by atoms with Gasteiger partial charge in [0.2, 0.25) is 5.91 Å². The van der Waals surface area contributed by atoms with Gasteiger partial charge in [0.25, 0.3) is 5.91 Å². The van der Waals surface area contributed by atoms with E-state index in [1.165, 1.54) is 6.20 Å². The molecule has 1 aliphatic heterocycles. The van der Waals surface area contributed by atoms with Crippen LogP contribution in [0.2, 0.25) is 5.02 Å². The molecule has 2 aromatic rings. The van der Waals surface area contributed by atoms with E-state index in [1.807, 2.05) is 30.3 Å². The Bertz CT molecular complexity index is 996. The number of piperazine rings is 1. The van der Waals surface area contributed by atoms with E-state index >= 15 is 0 Å². The first-order valence-corrected chi connectivity index (χ1v) is 9.86. The van der Waals surface area contributed by atoms with Crippen LogP contribution >= 0.6 is 11.6 Å². The van der Waals surface area contributed by atoms with Crippen LogP contribution in [-0.4, -0.2) is 45.0 Å². The fourth-order valence-corrected chi connectivity index (χ4v) is 5.31. The topological polar surface area (TPSA) is 73.7 Å². The zero-order valence-electron chi connectivity index (χ0n) is 15.5. The summed E-state index contributed by atoms with van der Waals surface area (Å²) in [6.45, 7) is 0.00863. The molecule has 3 saturated carbocycles. The van der Waals surface area contributed by atoms with E-state index in [2.05, 4.69) is 4.98 Å². The first kappa shape index (κ1) is 18.5. The second-order valence-electron chi connectivity index (χ2n) is 8.41. The SMILES string of the molecule is O=C1[C@@H](C23CC(O)(C2)C3)N(Cc2ccccc2)C(=O)CN1c1ncc(Cl)cc1F. The molecule has 4 aliphatic rings. The van der Waals surface area contributed by atoms with Crippen LogP contribution in [0.15, 0.2) is 42.6 Å². The minimum Gasteiger partial charge on any atom is -0.390 e. The molecule has 0 unspecified atom stereocenters. The summed E-state index contributed by atoms with van der Waals surface area (Å²) in [5.74, 6) is -1.57. The summed E-state index contributed by atoms with van der Waals surface area (Å²) in [4.78, 5) is 33.2. The smallest absolute Gasteiger partial charge is 0.252 e. The molecular formula is C21H19ClFN3O3. The maximum absolute atomic E-state index is 14.5. The second-order valence-corrected chi connectivity index (χ2v) is 8.85. The van der Waals surface area contributed by atoms with Crippen LogP contribution in [0.1, 0.15) is 24.8 Å². The average Bonchev–Trinajstić information content (AvgIpc) is 2.63. The van der Waals surface area contributed by atoms with Crippen LogP contribution in [0.5, 0.6) is 0 Å². The predicted molar refractivity (Wildman–Crippen MR) is 104 cm³/mol. The lowest BCUT2D eigenvalue weighted by Gasteiger charge is -2.71. The highest BCUT2D eigenvalue weighted by atomic mass is 35.5. The Morgan fingerprint density at radius 1 is 1.21 bits per heavy atom. The van der Waals surface area contributed by atoms with Crippen molar-refractivity contribution in [2.75, 3.05) is 11.4 Å². The standard InChI is InChI=1S/C21H19ClFN3O3/c22-14-6-15(23)18(24-7-14)26-9-16(27)25(8-13-4-2-1-3-5-13)17(19(26)28)20-10-21(29,11-20)12-20/h1-7,17,29H,8-12H2/t17-,20?,21?/m0/s1. The summed E-state index contributed by atoms with van der Waals surface area (Å²) in [5, 5.41) is 10.4. The third-order valence-corrected chi connectivity index (χ3v) is 6.50. The molecule has 0 radical (unpaired) electrons. The molecule has 1 N–H and O–H groups in total. The molecule has 29 heavy (non-hydrogen) atoms. The number of pyridine rings is 1. The van der Waals surface area contributed by atoms with E-state index in [1.54, 1.807) is 4.90 Å². The van der Waals surface area contributed by atoms with Crippen LogP contribution in [0, 0.1) is 11.2 Å². The third kappa shape index (κ3) is 2.83. The Balaban J connectivity index is 1.51. The number of rotatable bonds is 4. The number of hydrogen-bond donors (Lipinski definition) is 1. The van der Waals surface area contributed by atoms with Crippen molar-refractivity contribution in [2.24, 2.45) is 5.41 Å².